The Morgan fingerprint density at radius 1 is 1.21 bits per heavy atom. The molecule has 1 rings (SSSR count). The molecule has 0 radical (unpaired) electrons. The molecule has 3 nitrogen and oxygen atoms in total. The van der Waals surface area contributed by atoms with Crippen molar-refractivity contribution in [1.29, 1.82) is 0 Å². The third-order valence-corrected chi connectivity index (χ3v) is 25.9. The van der Waals surface area contributed by atoms with Gasteiger partial charge in [-0.25, -0.2) is 8.51 Å². The van der Waals surface area contributed by atoms with Gasteiger partial charge in [-0.3, -0.25) is 4.79 Å². The summed E-state index contributed by atoms with van der Waals surface area (Å²) in [5.74, 6) is -0.119. The van der Waals surface area contributed by atoms with Gasteiger partial charge in [0, 0.05) is 18.3 Å². The van der Waals surface area contributed by atoms with Crippen molar-refractivity contribution in [3.8, 4) is 0 Å². The maximum Gasteiger partial charge on any atom is 0.263 e. The van der Waals surface area contributed by atoms with Crippen molar-refractivity contribution in [3.63, 3.8) is 0 Å². The van der Waals surface area contributed by atoms with Crippen LogP contribution in [-0.4, -0.2) is 33.0 Å². The second kappa shape index (κ2) is 12.1. The molecular formula is C14H27NO2PS6+. The molecule has 0 aromatic carbocycles. The van der Waals surface area contributed by atoms with Gasteiger partial charge >= 0.3 is 0 Å². The summed E-state index contributed by atoms with van der Waals surface area (Å²) >= 11 is 4.85. The molecule has 24 heavy (non-hydrogen) atoms. The first kappa shape index (κ1) is 23.6. The molecule has 0 N–H and O–H groups in total. The minimum absolute atomic E-state index is 0.00838. The molecule has 2 unspecified atom stereocenters. The molecule has 1 heterocycles. The molecule has 1 amide bonds. The smallest absolute Gasteiger partial charge is 0.263 e. The van der Waals surface area contributed by atoms with Crippen molar-refractivity contribution >= 4 is 76.4 Å². The fourth-order valence-electron chi connectivity index (χ4n) is 2.41. The van der Waals surface area contributed by atoms with Crippen LogP contribution in [0.2, 0.25) is 0 Å². The van der Waals surface area contributed by atoms with E-state index >= 15 is 0 Å². The largest absolute Gasteiger partial charge is 0.269 e. The van der Waals surface area contributed by atoms with Crippen LogP contribution in [-0.2, 0) is 15.8 Å². The van der Waals surface area contributed by atoms with Crippen LogP contribution >= 0.6 is 59.5 Å². The fraction of sp³-hybridized carbons (Fsp3) is 0.786. The summed E-state index contributed by atoms with van der Waals surface area (Å²) in [7, 11) is 5.13. The normalized spacial score (nSPS) is 19.7. The zero-order valence-corrected chi connectivity index (χ0v) is 20.5. The Bertz CT molecular complexity index is 470. The van der Waals surface area contributed by atoms with Gasteiger partial charge in [0.2, 0.25) is 4.65 Å². The Labute approximate surface area is 170 Å². The van der Waals surface area contributed by atoms with E-state index in [1.165, 1.54) is 25.7 Å². The molecule has 0 spiro atoms. The maximum absolute atomic E-state index is 13.0. The highest BCUT2D eigenvalue weighted by Gasteiger charge is 2.53. The Kier molecular flexibility index (Phi) is 11.9. The lowest BCUT2D eigenvalue weighted by atomic mass is 10.1. The summed E-state index contributed by atoms with van der Waals surface area (Å²) in [6.07, 6.45) is 12.5. The van der Waals surface area contributed by atoms with Crippen LogP contribution in [0.4, 0.5) is 0 Å². The first-order valence-electron chi connectivity index (χ1n) is 7.95. The fourth-order valence-corrected chi connectivity index (χ4v) is 25.8. The van der Waals surface area contributed by atoms with Crippen LogP contribution in [0, 0.1) is 0 Å². The molecule has 0 bridgehead atoms. The molecule has 140 valence electrons. The van der Waals surface area contributed by atoms with Crippen molar-refractivity contribution in [3.05, 3.63) is 10.7 Å². The highest BCUT2D eigenvalue weighted by Crippen LogP contribution is 2.92. The monoisotopic (exact) mass is 464 g/mol. The predicted molar refractivity (Wildman–Crippen MR) is 124 cm³/mol. The predicted octanol–water partition coefficient (Wildman–Crippen LogP) is 6.80. The van der Waals surface area contributed by atoms with Crippen LogP contribution in [0.5, 0.6) is 0 Å². The van der Waals surface area contributed by atoms with Crippen molar-refractivity contribution in [2.75, 3.05) is 12.5 Å². The SMILES string of the molecule is CCCCCCCC(C)N1C(=O)C=C([P+](S)(SSC)SSC)S1=O. The van der Waals surface area contributed by atoms with Crippen LogP contribution in [0.15, 0.2) is 10.7 Å². The van der Waals surface area contributed by atoms with E-state index in [9.17, 15) is 9.00 Å². The molecule has 2 atom stereocenters. The van der Waals surface area contributed by atoms with Crippen molar-refractivity contribution < 1.29 is 9.00 Å². The standard InChI is InChI=1S/C14H27NO2PS6/c1-5-6-7-8-9-10-12(2)15-13(16)11-14(24(15)17)18(19,22-20-3)23-21-4/h11-12,19H,5-10H2,1-4H3/q+1. The van der Waals surface area contributed by atoms with Crippen molar-refractivity contribution in [2.45, 2.75) is 58.4 Å². The van der Waals surface area contributed by atoms with Crippen LogP contribution in [0.25, 0.3) is 0 Å². The number of hydrogen-bond acceptors (Lipinski definition) is 7. The van der Waals surface area contributed by atoms with Gasteiger partial charge in [0.25, 0.3) is 10.8 Å². The molecule has 0 saturated heterocycles. The lowest BCUT2D eigenvalue weighted by Crippen LogP contribution is -2.35. The number of hydrogen-bond donors (Lipinski definition) is 1. The molecule has 0 saturated carbocycles. The van der Waals surface area contributed by atoms with E-state index in [0.717, 1.165) is 12.8 Å². The molecule has 0 fully saturated rings. The highest BCUT2D eigenvalue weighted by atomic mass is 33.7. The average molecular weight is 465 g/mol. The van der Waals surface area contributed by atoms with E-state index in [2.05, 4.69) is 6.92 Å². The van der Waals surface area contributed by atoms with Gasteiger partial charge < -0.3 is 0 Å². The van der Waals surface area contributed by atoms with E-state index in [-0.39, 0.29) is 11.9 Å². The summed E-state index contributed by atoms with van der Waals surface area (Å²) < 4.78 is 15.2. The highest BCUT2D eigenvalue weighted by molar-refractivity contribution is 9.38. The van der Waals surface area contributed by atoms with Crippen LogP contribution < -0.4 is 0 Å². The third-order valence-electron chi connectivity index (χ3n) is 3.58. The number of unbranched alkanes of at least 4 members (excludes halogenated alkanes) is 4. The minimum Gasteiger partial charge on any atom is -0.269 e. The molecular weight excluding hydrogens is 438 g/mol. The number of carbonyl (C=O) groups is 1. The molecule has 1 aliphatic rings. The van der Waals surface area contributed by atoms with E-state index in [4.69, 9.17) is 12.2 Å². The van der Waals surface area contributed by atoms with E-state index < -0.39 is 15.9 Å². The third kappa shape index (κ3) is 6.61. The Morgan fingerprint density at radius 3 is 2.33 bits per heavy atom. The molecule has 10 heteroatoms. The van der Waals surface area contributed by atoms with Gasteiger partial charge in [-0.2, -0.15) is 0 Å². The van der Waals surface area contributed by atoms with Crippen molar-refractivity contribution in [2.24, 2.45) is 0 Å². The van der Waals surface area contributed by atoms with Crippen molar-refractivity contribution in [1.82, 2.24) is 4.31 Å². The Balaban J connectivity index is 2.71. The lowest BCUT2D eigenvalue weighted by molar-refractivity contribution is -0.122. The number of amides is 1. The lowest BCUT2D eigenvalue weighted by Gasteiger charge is -2.23. The van der Waals surface area contributed by atoms with E-state index in [1.807, 2.05) is 19.4 Å². The molecule has 1 aliphatic heterocycles. The second-order valence-corrected chi connectivity index (χ2v) is 22.6. The number of carbonyl (C=O) groups excluding carboxylic acids is 1. The van der Waals surface area contributed by atoms with E-state index in [1.54, 1.807) is 52.8 Å². The van der Waals surface area contributed by atoms with Crippen LogP contribution in [0.1, 0.15) is 52.4 Å². The van der Waals surface area contributed by atoms with Gasteiger partial charge in [-0.1, -0.05) is 60.6 Å². The maximum atomic E-state index is 13.0. The number of rotatable bonds is 12. The number of thiol groups is 1. The summed E-state index contributed by atoms with van der Waals surface area (Å²) in [5, 5.41) is 0. The molecule has 0 aromatic heterocycles. The Hall–Kier alpha value is 1.54. The second-order valence-electron chi connectivity index (χ2n) is 5.45. The van der Waals surface area contributed by atoms with Crippen LogP contribution in [0.3, 0.4) is 0 Å². The molecule has 0 aliphatic carbocycles. The number of nitrogens with zero attached hydrogens (tertiary/aromatic N) is 1. The zero-order valence-electron chi connectivity index (χ0n) is 14.6. The molecule has 0 aromatic rings. The van der Waals surface area contributed by atoms with Gasteiger partial charge in [0.1, 0.15) is 20.8 Å². The first-order chi connectivity index (χ1) is 11.4. The topological polar surface area (TPSA) is 37.4 Å². The van der Waals surface area contributed by atoms with E-state index in [0.29, 0.717) is 4.65 Å². The summed E-state index contributed by atoms with van der Waals surface area (Å²) in [6, 6.07) is 0.00838. The van der Waals surface area contributed by atoms with Gasteiger partial charge in [0.15, 0.2) is 11.0 Å². The quantitative estimate of drug-likeness (QED) is 0.148. The summed E-state index contributed by atoms with van der Waals surface area (Å²) in [4.78, 5) is 10.5. The summed E-state index contributed by atoms with van der Waals surface area (Å²) in [5.41, 5.74) is 0. The van der Waals surface area contributed by atoms with Gasteiger partial charge in [0.05, 0.1) is 6.08 Å². The minimum atomic E-state index is -1.98. The van der Waals surface area contributed by atoms with Gasteiger partial charge in [-0.15, -0.1) is 0 Å². The zero-order chi connectivity index (χ0) is 18.2. The Morgan fingerprint density at radius 2 is 1.79 bits per heavy atom. The summed E-state index contributed by atoms with van der Waals surface area (Å²) in [6.45, 7) is 4.21. The first-order valence-corrected chi connectivity index (χ1v) is 18.3. The van der Waals surface area contributed by atoms with Gasteiger partial charge in [-0.05, 0) is 25.9 Å². The average Bonchev–Trinajstić information content (AvgIpc) is 2.83.